The second kappa shape index (κ2) is 5.02. The van der Waals surface area contributed by atoms with Gasteiger partial charge in [-0.05, 0) is 31.9 Å². The smallest absolute Gasteiger partial charge is 0.138 e. The maximum atomic E-state index is 10.1. The monoisotopic (exact) mass is 236 g/mol. The Morgan fingerprint density at radius 2 is 2.06 bits per heavy atom. The van der Waals surface area contributed by atoms with Crippen LogP contribution in [0.4, 0.5) is 0 Å². The fourth-order valence-electron chi connectivity index (χ4n) is 2.36. The predicted molar refractivity (Wildman–Crippen MR) is 65.8 cm³/mol. The van der Waals surface area contributed by atoms with Crippen molar-refractivity contribution in [3.05, 3.63) is 23.5 Å². The number of nitrogens with zero attached hydrogens (tertiary/aromatic N) is 1. The van der Waals surface area contributed by atoms with Crippen molar-refractivity contribution in [1.29, 1.82) is 0 Å². The quantitative estimate of drug-likeness (QED) is 0.741. The van der Waals surface area contributed by atoms with Gasteiger partial charge in [0, 0.05) is 18.8 Å². The van der Waals surface area contributed by atoms with Gasteiger partial charge in [0.2, 0.25) is 0 Å². The molecule has 0 saturated heterocycles. The molecule has 0 spiro atoms. The number of hydrogen-bond donors (Lipinski definition) is 3. The molecular weight excluding hydrogens is 216 g/mol. The average molecular weight is 236 g/mol. The number of nitrogens with one attached hydrogen (secondary N) is 1. The molecule has 0 aromatic carbocycles. The van der Waals surface area contributed by atoms with Crippen molar-refractivity contribution in [2.24, 2.45) is 0 Å². The fourth-order valence-corrected chi connectivity index (χ4v) is 2.36. The molecule has 0 amide bonds. The summed E-state index contributed by atoms with van der Waals surface area (Å²) >= 11 is 0. The minimum atomic E-state index is -0.556. The van der Waals surface area contributed by atoms with Gasteiger partial charge >= 0.3 is 0 Å². The molecule has 4 heteroatoms. The van der Waals surface area contributed by atoms with Gasteiger partial charge in [0.1, 0.15) is 5.75 Å². The Morgan fingerprint density at radius 3 is 2.76 bits per heavy atom. The van der Waals surface area contributed by atoms with Crippen molar-refractivity contribution in [2.75, 3.05) is 6.54 Å². The lowest BCUT2D eigenvalue weighted by Gasteiger charge is -2.22. The molecule has 0 aliphatic heterocycles. The molecule has 94 valence electrons. The Kier molecular flexibility index (Phi) is 3.64. The highest BCUT2D eigenvalue weighted by molar-refractivity contribution is 5.27. The van der Waals surface area contributed by atoms with Crippen molar-refractivity contribution in [3.8, 4) is 5.75 Å². The van der Waals surface area contributed by atoms with Gasteiger partial charge in [0.25, 0.3) is 0 Å². The first kappa shape index (κ1) is 12.3. The Morgan fingerprint density at radius 1 is 1.35 bits per heavy atom. The molecule has 2 rings (SSSR count). The second-order valence-electron chi connectivity index (χ2n) is 4.95. The lowest BCUT2D eigenvalue weighted by molar-refractivity contribution is 0.0473. The van der Waals surface area contributed by atoms with Crippen LogP contribution in [0.5, 0.6) is 5.75 Å². The van der Waals surface area contributed by atoms with Gasteiger partial charge in [-0.2, -0.15) is 0 Å². The molecule has 0 atom stereocenters. The number of aryl methyl sites for hydroxylation is 1. The third-order valence-electron chi connectivity index (χ3n) is 3.37. The van der Waals surface area contributed by atoms with Gasteiger partial charge in [-0.25, -0.2) is 0 Å². The van der Waals surface area contributed by atoms with Crippen LogP contribution < -0.4 is 5.32 Å². The zero-order valence-electron chi connectivity index (χ0n) is 10.2. The van der Waals surface area contributed by atoms with Gasteiger partial charge < -0.3 is 15.5 Å². The van der Waals surface area contributed by atoms with Crippen LogP contribution in [0.2, 0.25) is 0 Å². The summed E-state index contributed by atoms with van der Waals surface area (Å²) in [4.78, 5) is 4.27. The van der Waals surface area contributed by atoms with Gasteiger partial charge in [-0.1, -0.05) is 12.8 Å². The van der Waals surface area contributed by atoms with Crippen molar-refractivity contribution in [3.63, 3.8) is 0 Å². The van der Waals surface area contributed by atoms with Crippen LogP contribution in [0.3, 0.4) is 0 Å². The first-order valence-electron chi connectivity index (χ1n) is 6.18. The minimum Gasteiger partial charge on any atom is -0.506 e. The maximum absolute atomic E-state index is 10.1. The zero-order valence-corrected chi connectivity index (χ0v) is 10.2. The van der Waals surface area contributed by atoms with Crippen LogP contribution in [-0.4, -0.2) is 27.3 Å². The van der Waals surface area contributed by atoms with E-state index >= 15 is 0 Å². The number of pyridine rings is 1. The van der Waals surface area contributed by atoms with E-state index in [1.165, 1.54) is 0 Å². The summed E-state index contributed by atoms with van der Waals surface area (Å²) in [6.07, 6.45) is 3.94. The third-order valence-corrected chi connectivity index (χ3v) is 3.37. The highest BCUT2D eigenvalue weighted by Gasteiger charge is 2.30. The van der Waals surface area contributed by atoms with Crippen molar-refractivity contribution in [1.82, 2.24) is 10.3 Å². The lowest BCUT2D eigenvalue weighted by atomic mass is 10.0. The number of aliphatic hydroxyl groups is 1. The van der Waals surface area contributed by atoms with E-state index in [1.54, 1.807) is 12.1 Å². The number of rotatable bonds is 4. The molecule has 0 unspecified atom stereocenters. The first-order chi connectivity index (χ1) is 8.09. The molecule has 0 bridgehead atoms. The van der Waals surface area contributed by atoms with E-state index in [9.17, 15) is 10.2 Å². The molecular formula is C13H20N2O2. The summed E-state index contributed by atoms with van der Waals surface area (Å²) in [5.41, 5.74) is 0.977. The summed E-state index contributed by atoms with van der Waals surface area (Å²) in [5, 5.41) is 23.0. The zero-order chi connectivity index (χ0) is 12.3. The Bertz CT molecular complexity index is 387. The van der Waals surface area contributed by atoms with E-state index in [1.807, 2.05) is 6.92 Å². The summed E-state index contributed by atoms with van der Waals surface area (Å²) in [6.45, 7) is 2.96. The van der Waals surface area contributed by atoms with Crippen LogP contribution in [0.1, 0.15) is 37.1 Å². The van der Waals surface area contributed by atoms with Crippen molar-refractivity contribution >= 4 is 0 Å². The largest absolute Gasteiger partial charge is 0.506 e. The molecule has 1 aliphatic carbocycles. The number of hydrogen-bond acceptors (Lipinski definition) is 4. The molecule has 17 heavy (non-hydrogen) atoms. The van der Waals surface area contributed by atoms with Crippen molar-refractivity contribution in [2.45, 2.75) is 44.8 Å². The van der Waals surface area contributed by atoms with Gasteiger partial charge in [-0.3, -0.25) is 4.98 Å². The lowest BCUT2D eigenvalue weighted by Crippen LogP contribution is -2.37. The van der Waals surface area contributed by atoms with Gasteiger partial charge in [0.15, 0.2) is 0 Å². The van der Waals surface area contributed by atoms with E-state index < -0.39 is 5.60 Å². The number of aromatic hydroxyl groups is 1. The topological polar surface area (TPSA) is 65.4 Å². The SMILES string of the molecule is Cc1ccc(O)c(CNCC2(O)CCCC2)n1. The third kappa shape index (κ3) is 3.17. The second-order valence-corrected chi connectivity index (χ2v) is 4.95. The molecule has 1 aromatic rings. The van der Waals surface area contributed by atoms with Gasteiger partial charge in [0.05, 0.1) is 11.3 Å². The number of aromatic nitrogens is 1. The summed E-state index contributed by atoms with van der Waals surface area (Å²) in [6, 6.07) is 3.44. The van der Waals surface area contributed by atoms with Crippen LogP contribution in [0.25, 0.3) is 0 Å². The molecule has 1 saturated carbocycles. The summed E-state index contributed by atoms with van der Waals surface area (Å²) in [5.74, 6) is 0.210. The van der Waals surface area contributed by atoms with Crippen molar-refractivity contribution < 1.29 is 10.2 Å². The molecule has 4 nitrogen and oxygen atoms in total. The highest BCUT2D eigenvalue weighted by Crippen LogP contribution is 2.28. The van der Waals surface area contributed by atoms with Crippen LogP contribution in [-0.2, 0) is 6.54 Å². The van der Waals surface area contributed by atoms with E-state index in [0.717, 1.165) is 31.4 Å². The molecule has 3 N–H and O–H groups in total. The molecule has 1 heterocycles. The fraction of sp³-hybridized carbons (Fsp3) is 0.615. The predicted octanol–water partition coefficient (Wildman–Crippen LogP) is 1.49. The van der Waals surface area contributed by atoms with E-state index in [0.29, 0.717) is 18.8 Å². The van der Waals surface area contributed by atoms with E-state index in [4.69, 9.17) is 0 Å². The van der Waals surface area contributed by atoms with Crippen LogP contribution in [0.15, 0.2) is 12.1 Å². The van der Waals surface area contributed by atoms with Crippen LogP contribution >= 0.6 is 0 Å². The Balaban J connectivity index is 1.87. The Hall–Kier alpha value is -1.13. The molecule has 1 fully saturated rings. The maximum Gasteiger partial charge on any atom is 0.138 e. The standard InChI is InChI=1S/C13H20N2O2/c1-10-4-5-12(16)11(15-10)8-14-9-13(17)6-2-3-7-13/h4-5,14,16-17H,2-3,6-9H2,1H3. The molecule has 1 aliphatic rings. The summed E-state index contributed by atoms with van der Waals surface area (Å²) in [7, 11) is 0. The normalized spacial score (nSPS) is 18.5. The highest BCUT2D eigenvalue weighted by atomic mass is 16.3. The Labute approximate surface area is 102 Å². The van der Waals surface area contributed by atoms with E-state index in [2.05, 4.69) is 10.3 Å². The van der Waals surface area contributed by atoms with E-state index in [-0.39, 0.29) is 5.75 Å². The van der Waals surface area contributed by atoms with Gasteiger partial charge in [-0.15, -0.1) is 0 Å². The minimum absolute atomic E-state index is 0.210. The molecule has 1 aromatic heterocycles. The molecule has 0 radical (unpaired) electrons. The average Bonchev–Trinajstić information content (AvgIpc) is 2.71. The first-order valence-corrected chi connectivity index (χ1v) is 6.18. The summed E-state index contributed by atoms with van der Waals surface area (Å²) < 4.78 is 0. The van der Waals surface area contributed by atoms with Crippen LogP contribution in [0, 0.1) is 6.92 Å².